The highest BCUT2D eigenvalue weighted by Crippen LogP contribution is 2.31. The third-order valence-corrected chi connectivity index (χ3v) is 4.53. The van der Waals surface area contributed by atoms with Gasteiger partial charge >= 0.3 is 18.1 Å². The first kappa shape index (κ1) is 20.1. The standard InChI is InChI=1S/C18H23F3N2O3/c1-4-26-16(24)14-11-13(22(3)17(25)18(19,20)21)5-6-15(14)23-9-7-12(2)8-10-23/h5-6,11-12H,4,7-10H2,1-3H3. The molecule has 8 heteroatoms. The van der Waals surface area contributed by atoms with E-state index >= 15 is 0 Å². The van der Waals surface area contributed by atoms with E-state index in [1.807, 2.05) is 4.90 Å². The van der Waals surface area contributed by atoms with Gasteiger partial charge in [-0.15, -0.1) is 0 Å². The molecule has 1 aromatic rings. The Morgan fingerprint density at radius 3 is 2.42 bits per heavy atom. The van der Waals surface area contributed by atoms with Crippen LogP contribution in [0.25, 0.3) is 0 Å². The molecule has 0 N–H and O–H groups in total. The van der Waals surface area contributed by atoms with Crippen LogP contribution in [0, 0.1) is 5.92 Å². The van der Waals surface area contributed by atoms with Crippen LogP contribution in [0.15, 0.2) is 18.2 Å². The van der Waals surface area contributed by atoms with E-state index in [4.69, 9.17) is 4.74 Å². The lowest BCUT2D eigenvalue weighted by atomic mass is 9.98. The first-order valence-corrected chi connectivity index (χ1v) is 8.56. The summed E-state index contributed by atoms with van der Waals surface area (Å²) in [5, 5.41) is 0. The zero-order valence-electron chi connectivity index (χ0n) is 15.1. The summed E-state index contributed by atoms with van der Waals surface area (Å²) >= 11 is 0. The fraction of sp³-hybridized carbons (Fsp3) is 0.556. The Balaban J connectivity index is 2.38. The van der Waals surface area contributed by atoms with Gasteiger partial charge in [-0.25, -0.2) is 4.79 Å². The van der Waals surface area contributed by atoms with Crippen LogP contribution < -0.4 is 9.80 Å². The van der Waals surface area contributed by atoms with Gasteiger partial charge in [-0.3, -0.25) is 4.79 Å². The predicted octanol–water partition coefficient (Wildman–Crippen LogP) is 3.62. The number of hydrogen-bond acceptors (Lipinski definition) is 4. The lowest BCUT2D eigenvalue weighted by molar-refractivity contribution is -0.170. The number of nitrogens with zero attached hydrogens (tertiary/aromatic N) is 2. The third kappa shape index (κ3) is 4.47. The van der Waals surface area contributed by atoms with Gasteiger partial charge in [0.05, 0.1) is 17.9 Å². The molecule has 1 heterocycles. The van der Waals surface area contributed by atoms with Gasteiger partial charge in [0.25, 0.3) is 0 Å². The van der Waals surface area contributed by atoms with Gasteiger partial charge in [0.1, 0.15) is 0 Å². The van der Waals surface area contributed by atoms with Crippen molar-refractivity contribution in [3.05, 3.63) is 23.8 Å². The molecule has 0 radical (unpaired) electrons. The van der Waals surface area contributed by atoms with Gasteiger partial charge in [0.15, 0.2) is 0 Å². The third-order valence-electron chi connectivity index (χ3n) is 4.53. The Bertz CT molecular complexity index is 668. The molecule has 2 rings (SSSR count). The van der Waals surface area contributed by atoms with Crippen LogP contribution in [0.3, 0.4) is 0 Å². The number of carbonyl (C=O) groups is 2. The van der Waals surface area contributed by atoms with E-state index in [2.05, 4.69) is 6.92 Å². The van der Waals surface area contributed by atoms with Gasteiger partial charge in [0, 0.05) is 25.8 Å². The van der Waals surface area contributed by atoms with Crippen molar-refractivity contribution in [1.82, 2.24) is 0 Å². The van der Waals surface area contributed by atoms with E-state index < -0.39 is 18.1 Å². The number of carbonyl (C=O) groups excluding carboxylic acids is 2. The lowest BCUT2D eigenvalue weighted by Crippen LogP contribution is -2.38. The molecule has 0 aromatic heterocycles. The fourth-order valence-corrected chi connectivity index (χ4v) is 2.94. The maximum atomic E-state index is 12.7. The van der Waals surface area contributed by atoms with Crippen LogP contribution in [-0.2, 0) is 9.53 Å². The maximum absolute atomic E-state index is 12.7. The molecule has 1 saturated heterocycles. The lowest BCUT2D eigenvalue weighted by Gasteiger charge is -2.33. The van der Waals surface area contributed by atoms with Crippen molar-refractivity contribution in [2.75, 3.05) is 36.5 Å². The van der Waals surface area contributed by atoms with Crippen LogP contribution in [0.5, 0.6) is 0 Å². The summed E-state index contributed by atoms with van der Waals surface area (Å²) < 4.78 is 43.1. The monoisotopic (exact) mass is 372 g/mol. The molecule has 0 atom stereocenters. The summed E-state index contributed by atoms with van der Waals surface area (Å²) in [4.78, 5) is 26.3. The predicted molar refractivity (Wildman–Crippen MR) is 92.5 cm³/mol. The molecule has 26 heavy (non-hydrogen) atoms. The molecule has 1 aliphatic heterocycles. The summed E-state index contributed by atoms with van der Waals surface area (Å²) in [5.41, 5.74) is 0.775. The normalized spacial score (nSPS) is 15.7. The number of ether oxygens (including phenoxy) is 1. The molecule has 5 nitrogen and oxygen atoms in total. The number of amides is 1. The number of halogens is 3. The highest BCUT2D eigenvalue weighted by atomic mass is 19.4. The van der Waals surface area contributed by atoms with Gasteiger partial charge in [0.2, 0.25) is 0 Å². The summed E-state index contributed by atoms with van der Waals surface area (Å²) in [7, 11) is 1.03. The number of alkyl halides is 3. The zero-order valence-corrected chi connectivity index (χ0v) is 15.1. The molecule has 144 valence electrons. The average Bonchev–Trinajstić information content (AvgIpc) is 2.60. The number of rotatable bonds is 4. The number of anilines is 2. The first-order valence-electron chi connectivity index (χ1n) is 8.56. The zero-order chi connectivity index (χ0) is 19.5. The Hall–Kier alpha value is -2.25. The smallest absolute Gasteiger partial charge is 0.462 e. The van der Waals surface area contributed by atoms with Crippen LogP contribution in [0.1, 0.15) is 37.0 Å². The molecule has 0 aliphatic carbocycles. The molecule has 0 saturated carbocycles. The van der Waals surface area contributed by atoms with Crippen LogP contribution in [-0.4, -0.2) is 44.8 Å². The van der Waals surface area contributed by atoms with Crippen LogP contribution in [0.4, 0.5) is 24.5 Å². The van der Waals surface area contributed by atoms with Crippen molar-refractivity contribution in [3.63, 3.8) is 0 Å². The number of hydrogen-bond donors (Lipinski definition) is 0. The molecular weight excluding hydrogens is 349 g/mol. The summed E-state index contributed by atoms with van der Waals surface area (Å²) in [6.45, 7) is 5.47. The summed E-state index contributed by atoms with van der Waals surface area (Å²) in [5.74, 6) is -2.02. The van der Waals surface area contributed by atoms with Crippen molar-refractivity contribution < 1.29 is 27.5 Å². The van der Waals surface area contributed by atoms with Gasteiger partial charge in [-0.1, -0.05) is 6.92 Å². The van der Waals surface area contributed by atoms with E-state index in [9.17, 15) is 22.8 Å². The number of esters is 1. The highest BCUT2D eigenvalue weighted by molar-refractivity contribution is 6.01. The van der Waals surface area contributed by atoms with E-state index in [0.29, 0.717) is 16.5 Å². The van der Waals surface area contributed by atoms with E-state index in [-0.39, 0.29) is 17.9 Å². The number of benzene rings is 1. The summed E-state index contributed by atoms with van der Waals surface area (Å²) in [6, 6.07) is 4.28. The molecule has 1 fully saturated rings. The van der Waals surface area contributed by atoms with E-state index in [0.717, 1.165) is 33.0 Å². The molecular formula is C18H23F3N2O3. The number of piperidine rings is 1. The topological polar surface area (TPSA) is 49.9 Å². The maximum Gasteiger partial charge on any atom is 0.471 e. The van der Waals surface area contributed by atoms with Gasteiger partial charge < -0.3 is 14.5 Å². The Labute approximate surface area is 150 Å². The molecule has 0 unspecified atom stereocenters. The molecule has 0 spiro atoms. The second-order valence-corrected chi connectivity index (χ2v) is 6.45. The quantitative estimate of drug-likeness (QED) is 0.758. The molecule has 1 aliphatic rings. The van der Waals surface area contributed by atoms with Crippen molar-refractivity contribution in [1.29, 1.82) is 0 Å². The van der Waals surface area contributed by atoms with E-state index in [1.54, 1.807) is 13.0 Å². The van der Waals surface area contributed by atoms with Gasteiger partial charge in [-0.2, -0.15) is 13.2 Å². The van der Waals surface area contributed by atoms with Gasteiger partial charge in [-0.05, 0) is 43.9 Å². The van der Waals surface area contributed by atoms with Crippen molar-refractivity contribution >= 4 is 23.3 Å². The minimum Gasteiger partial charge on any atom is -0.462 e. The fourth-order valence-electron chi connectivity index (χ4n) is 2.94. The molecule has 1 aromatic carbocycles. The minimum absolute atomic E-state index is 0.00972. The van der Waals surface area contributed by atoms with Crippen molar-refractivity contribution in [2.24, 2.45) is 5.92 Å². The largest absolute Gasteiger partial charge is 0.471 e. The SMILES string of the molecule is CCOC(=O)c1cc(N(C)C(=O)C(F)(F)F)ccc1N1CCC(C)CC1. The second kappa shape index (κ2) is 7.97. The average molecular weight is 372 g/mol. The Morgan fingerprint density at radius 2 is 1.88 bits per heavy atom. The van der Waals surface area contributed by atoms with Crippen molar-refractivity contribution in [3.8, 4) is 0 Å². The molecule has 0 bridgehead atoms. The van der Waals surface area contributed by atoms with Crippen LogP contribution >= 0.6 is 0 Å². The van der Waals surface area contributed by atoms with Crippen molar-refractivity contribution in [2.45, 2.75) is 32.9 Å². The van der Waals surface area contributed by atoms with Crippen LogP contribution in [0.2, 0.25) is 0 Å². The second-order valence-electron chi connectivity index (χ2n) is 6.45. The Morgan fingerprint density at radius 1 is 1.27 bits per heavy atom. The Kier molecular flexibility index (Phi) is 6.15. The van der Waals surface area contributed by atoms with E-state index in [1.165, 1.54) is 12.1 Å². The summed E-state index contributed by atoms with van der Waals surface area (Å²) in [6.07, 6.45) is -3.05. The molecule has 1 amide bonds. The first-order chi connectivity index (χ1) is 12.1. The minimum atomic E-state index is -4.99. The highest BCUT2D eigenvalue weighted by Gasteiger charge is 2.42.